The van der Waals surface area contributed by atoms with Crippen LogP contribution in [0, 0.1) is 5.82 Å². The first-order chi connectivity index (χ1) is 8.63. The highest BCUT2D eigenvalue weighted by molar-refractivity contribution is 5.99. The fourth-order valence-corrected chi connectivity index (χ4v) is 1.31. The molecule has 0 aliphatic carbocycles. The Morgan fingerprint density at radius 3 is 2.28 bits per heavy atom. The summed E-state index contributed by atoms with van der Waals surface area (Å²) >= 11 is 0. The van der Waals surface area contributed by atoms with E-state index in [2.05, 4.69) is 15.6 Å². The number of rotatable bonds is 2. The third kappa shape index (κ3) is 3.18. The third-order valence-electron chi connectivity index (χ3n) is 2.15. The average Bonchev–Trinajstić information content (AvgIpc) is 2.35. The van der Waals surface area contributed by atoms with E-state index in [1.54, 1.807) is 12.1 Å². The van der Waals surface area contributed by atoms with Crippen LogP contribution < -0.4 is 16.4 Å². The molecule has 0 aliphatic rings. The topological polar surface area (TPSA) is 80.0 Å². The molecule has 1 heterocycles. The Morgan fingerprint density at radius 1 is 1.06 bits per heavy atom. The number of halogens is 1. The first kappa shape index (κ1) is 11.8. The summed E-state index contributed by atoms with van der Waals surface area (Å²) in [6.07, 6.45) is 1.44. The van der Waals surface area contributed by atoms with Crippen LogP contribution in [0.1, 0.15) is 0 Å². The van der Waals surface area contributed by atoms with Gasteiger partial charge in [0.1, 0.15) is 11.6 Å². The number of aromatic nitrogens is 1. The number of nitrogens with one attached hydrogen (secondary N) is 2. The van der Waals surface area contributed by atoms with Crippen molar-refractivity contribution in [3.8, 4) is 0 Å². The molecule has 18 heavy (non-hydrogen) atoms. The van der Waals surface area contributed by atoms with Crippen LogP contribution in [0.5, 0.6) is 0 Å². The summed E-state index contributed by atoms with van der Waals surface area (Å²) in [7, 11) is 0. The molecule has 2 aromatic rings. The predicted octanol–water partition coefficient (Wildman–Crippen LogP) is 2.45. The van der Waals surface area contributed by atoms with Crippen molar-refractivity contribution < 1.29 is 9.18 Å². The van der Waals surface area contributed by atoms with E-state index in [0.29, 0.717) is 17.2 Å². The van der Waals surface area contributed by atoms with Gasteiger partial charge in [0.2, 0.25) is 0 Å². The Morgan fingerprint density at radius 2 is 1.67 bits per heavy atom. The zero-order valence-corrected chi connectivity index (χ0v) is 9.35. The van der Waals surface area contributed by atoms with Gasteiger partial charge in [-0.1, -0.05) is 0 Å². The van der Waals surface area contributed by atoms with E-state index < -0.39 is 6.03 Å². The molecule has 6 heteroatoms. The molecule has 0 fully saturated rings. The summed E-state index contributed by atoms with van der Waals surface area (Å²) in [5, 5.41) is 5.13. The van der Waals surface area contributed by atoms with Crippen molar-refractivity contribution in [1.82, 2.24) is 4.98 Å². The van der Waals surface area contributed by atoms with Gasteiger partial charge in [-0.2, -0.15) is 0 Å². The number of nitrogen functional groups attached to an aromatic ring is 1. The number of urea groups is 1. The fraction of sp³-hybridized carbons (Fsp3) is 0. The number of pyridine rings is 1. The van der Waals surface area contributed by atoms with E-state index in [0.717, 1.165) is 0 Å². The molecule has 2 amide bonds. The minimum atomic E-state index is -0.437. The van der Waals surface area contributed by atoms with E-state index in [1.807, 2.05) is 0 Å². The second-order valence-electron chi connectivity index (χ2n) is 3.56. The van der Waals surface area contributed by atoms with Crippen LogP contribution in [-0.2, 0) is 0 Å². The zero-order chi connectivity index (χ0) is 13.0. The molecule has 0 radical (unpaired) electrons. The molecule has 5 nitrogen and oxygen atoms in total. The van der Waals surface area contributed by atoms with Crippen LogP contribution in [-0.4, -0.2) is 11.0 Å². The van der Waals surface area contributed by atoms with E-state index in [9.17, 15) is 9.18 Å². The Bertz CT molecular complexity index is 490. The van der Waals surface area contributed by atoms with Crippen LogP contribution in [0.25, 0.3) is 0 Å². The molecule has 4 N–H and O–H groups in total. The first-order valence-electron chi connectivity index (χ1n) is 5.18. The summed E-state index contributed by atoms with van der Waals surface area (Å²) in [6.45, 7) is 0. The smallest absolute Gasteiger partial charge is 0.323 e. The summed E-state index contributed by atoms with van der Waals surface area (Å²) in [4.78, 5) is 15.4. The van der Waals surface area contributed by atoms with Crippen molar-refractivity contribution in [1.29, 1.82) is 0 Å². The Hall–Kier alpha value is -2.63. The minimum absolute atomic E-state index is 0.358. The Balaban J connectivity index is 1.96. The molecule has 2 rings (SSSR count). The quantitative estimate of drug-likeness (QED) is 0.761. The molecule has 0 unspecified atom stereocenters. The molecular formula is C12H11FN4O. The van der Waals surface area contributed by atoms with Gasteiger partial charge in [0.05, 0.1) is 11.9 Å². The van der Waals surface area contributed by atoms with Crippen molar-refractivity contribution in [2.45, 2.75) is 0 Å². The normalized spacial score (nSPS) is 9.83. The van der Waals surface area contributed by atoms with Crippen molar-refractivity contribution in [2.75, 3.05) is 16.4 Å². The molecule has 92 valence electrons. The van der Waals surface area contributed by atoms with Gasteiger partial charge < -0.3 is 16.4 Å². The molecule has 0 aliphatic heterocycles. The average molecular weight is 246 g/mol. The number of amides is 2. The van der Waals surface area contributed by atoms with Crippen LogP contribution >= 0.6 is 0 Å². The first-order valence-corrected chi connectivity index (χ1v) is 5.18. The van der Waals surface area contributed by atoms with Gasteiger partial charge in [-0.05, 0) is 36.4 Å². The lowest BCUT2D eigenvalue weighted by Gasteiger charge is -2.07. The summed E-state index contributed by atoms with van der Waals surface area (Å²) in [5.41, 5.74) is 6.44. The van der Waals surface area contributed by atoms with E-state index >= 15 is 0 Å². The second kappa shape index (κ2) is 5.13. The number of anilines is 3. The van der Waals surface area contributed by atoms with Crippen LogP contribution in [0.4, 0.5) is 26.4 Å². The van der Waals surface area contributed by atoms with Crippen LogP contribution in [0.2, 0.25) is 0 Å². The summed E-state index contributed by atoms with van der Waals surface area (Å²) in [6, 6.07) is 8.24. The maximum absolute atomic E-state index is 12.7. The Kier molecular flexibility index (Phi) is 3.38. The van der Waals surface area contributed by atoms with Crippen molar-refractivity contribution in [3.05, 3.63) is 48.4 Å². The fourth-order valence-electron chi connectivity index (χ4n) is 1.31. The van der Waals surface area contributed by atoms with Crippen molar-refractivity contribution in [2.24, 2.45) is 0 Å². The zero-order valence-electron chi connectivity index (χ0n) is 9.35. The molecule has 0 spiro atoms. The highest BCUT2D eigenvalue weighted by Gasteiger charge is 2.02. The Labute approximate surface area is 103 Å². The van der Waals surface area contributed by atoms with Gasteiger partial charge in [-0.3, -0.25) is 0 Å². The number of nitrogens with zero attached hydrogens (tertiary/aromatic N) is 1. The lowest BCUT2D eigenvalue weighted by Crippen LogP contribution is -2.19. The van der Waals surface area contributed by atoms with Gasteiger partial charge in [-0.25, -0.2) is 14.2 Å². The summed E-state index contributed by atoms with van der Waals surface area (Å²) < 4.78 is 12.7. The number of nitrogens with two attached hydrogens (primary N) is 1. The monoisotopic (exact) mass is 246 g/mol. The highest BCUT2D eigenvalue weighted by Crippen LogP contribution is 2.10. The maximum atomic E-state index is 12.7. The standard InChI is InChI=1S/C12H11FN4O/c13-8-1-3-9(4-2-8)16-12(18)17-10-5-6-11(14)15-7-10/h1-7H,(H2,14,15)(H2,16,17,18). The molecule has 0 saturated heterocycles. The number of carbonyl (C=O) groups excluding carboxylic acids is 1. The molecular weight excluding hydrogens is 235 g/mol. The number of carbonyl (C=O) groups is 1. The second-order valence-corrected chi connectivity index (χ2v) is 3.56. The van der Waals surface area contributed by atoms with Gasteiger partial charge >= 0.3 is 6.03 Å². The van der Waals surface area contributed by atoms with Gasteiger partial charge in [-0.15, -0.1) is 0 Å². The van der Waals surface area contributed by atoms with Crippen LogP contribution in [0.3, 0.4) is 0 Å². The van der Waals surface area contributed by atoms with E-state index in [1.165, 1.54) is 30.5 Å². The summed E-state index contributed by atoms with van der Waals surface area (Å²) in [5.74, 6) is 0.0168. The van der Waals surface area contributed by atoms with Crippen molar-refractivity contribution in [3.63, 3.8) is 0 Å². The van der Waals surface area contributed by atoms with Gasteiger partial charge in [0.25, 0.3) is 0 Å². The van der Waals surface area contributed by atoms with Gasteiger partial charge in [0, 0.05) is 5.69 Å². The largest absolute Gasteiger partial charge is 0.384 e. The van der Waals surface area contributed by atoms with Crippen molar-refractivity contribution >= 4 is 23.2 Å². The van der Waals surface area contributed by atoms with Crippen LogP contribution in [0.15, 0.2) is 42.6 Å². The lowest BCUT2D eigenvalue weighted by molar-refractivity contribution is 0.262. The molecule has 0 bridgehead atoms. The molecule has 0 atom stereocenters. The minimum Gasteiger partial charge on any atom is -0.384 e. The predicted molar refractivity (Wildman–Crippen MR) is 67.7 cm³/mol. The molecule has 0 saturated carbocycles. The SMILES string of the molecule is Nc1ccc(NC(=O)Nc2ccc(F)cc2)cn1. The number of hydrogen-bond donors (Lipinski definition) is 3. The van der Waals surface area contributed by atoms with Gasteiger partial charge in [0.15, 0.2) is 0 Å². The highest BCUT2D eigenvalue weighted by atomic mass is 19.1. The third-order valence-corrected chi connectivity index (χ3v) is 2.15. The number of benzene rings is 1. The molecule has 1 aromatic carbocycles. The van der Waals surface area contributed by atoms with E-state index in [-0.39, 0.29) is 5.82 Å². The molecule has 1 aromatic heterocycles. The number of hydrogen-bond acceptors (Lipinski definition) is 3. The maximum Gasteiger partial charge on any atom is 0.323 e. The van der Waals surface area contributed by atoms with E-state index in [4.69, 9.17) is 5.73 Å². The lowest BCUT2D eigenvalue weighted by atomic mass is 10.3.